The van der Waals surface area contributed by atoms with Crippen LogP contribution in [0.1, 0.15) is 5.56 Å². The van der Waals surface area contributed by atoms with Gasteiger partial charge in [0, 0.05) is 6.07 Å². The lowest BCUT2D eigenvalue weighted by Gasteiger charge is -1.99. The van der Waals surface area contributed by atoms with Gasteiger partial charge in [-0.25, -0.2) is 0 Å². The second-order valence-corrected chi connectivity index (χ2v) is 3.94. The topological polar surface area (TPSA) is 88.1 Å². The molecule has 0 saturated heterocycles. The second kappa shape index (κ2) is 5.26. The molecule has 0 aliphatic carbocycles. The van der Waals surface area contributed by atoms with Gasteiger partial charge in [-0.15, -0.1) is 10.2 Å². The molecule has 0 spiro atoms. The van der Waals surface area contributed by atoms with Gasteiger partial charge in [-0.1, -0.05) is 18.2 Å². The van der Waals surface area contributed by atoms with Crippen molar-refractivity contribution < 1.29 is 10.0 Å². The zero-order chi connectivity index (χ0) is 13.8. The van der Waals surface area contributed by atoms with Gasteiger partial charge in [0.1, 0.15) is 11.4 Å². The second-order valence-electron chi connectivity index (χ2n) is 3.94. The lowest BCUT2D eigenvalue weighted by molar-refractivity contribution is -0.384. The Labute approximate surface area is 109 Å². The van der Waals surface area contributed by atoms with Crippen LogP contribution in [0.5, 0.6) is 5.75 Å². The summed E-state index contributed by atoms with van der Waals surface area (Å²) >= 11 is 0. The molecule has 0 radical (unpaired) electrons. The van der Waals surface area contributed by atoms with Gasteiger partial charge < -0.3 is 5.11 Å². The summed E-state index contributed by atoms with van der Waals surface area (Å²) in [6.45, 7) is 1.81. The van der Waals surface area contributed by atoms with Crippen LogP contribution in [-0.2, 0) is 0 Å². The molecule has 0 heterocycles. The van der Waals surface area contributed by atoms with Gasteiger partial charge in [-0.05, 0) is 30.7 Å². The van der Waals surface area contributed by atoms with Crippen LogP contribution >= 0.6 is 0 Å². The number of nitrogens with zero attached hydrogens (tertiary/aromatic N) is 3. The summed E-state index contributed by atoms with van der Waals surface area (Å²) in [5.41, 5.74) is 1.15. The van der Waals surface area contributed by atoms with Crippen LogP contribution in [0, 0.1) is 17.0 Å². The zero-order valence-electron chi connectivity index (χ0n) is 10.1. The molecule has 0 aliphatic rings. The highest BCUT2D eigenvalue weighted by atomic mass is 16.6. The summed E-state index contributed by atoms with van der Waals surface area (Å²) in [5, 5.41) is 28.1. The standard InChI is InChI=1S/C13H11N3O3/c1-9-6-7-12(16(18)19)11(8-9)15-14-10-4-2-3-5-13(10)17/h2-8,17H,1H3/b15-14+. The molecule has 1 N–H and O–H groups in total. The van der Waals surface area contributed by atoms with Gasteiger partial charge >= 0.3 is 0 Å². The lowest BCUT2D eigenvalue weighted by Crippen LogP contribution is -1.88. The maximum Gasteiger partial charge on any atom is 0.296 e. The van der Waals surface area contributed by atoms with E-state index < -0.39 is 4.92 Å². The maximum absolute atomic E-state index is 10.9. The fraction of sp³-hybridized carbons (Fsp3) is 0.0769. The summed E-state index contributed by atoms with van der Waals surface area (Å²) in [5.74, 6) is -0.0263. The molecule has 2 rings (SSSR count). The molecule has 0 unspecified atom stereocenters. The van der Waals surface area contributed by atoms with Gasteiger partial charge in [-0.3, -0.25) is 10.1 Å². The molecular formula is C13H11N3O3. The molecule has 0 aromatic heterocycles. The number of azo groups is 1. The molecule has 0 atom stereocenters. The van der Waals surface area contributed by atoms with E-state index in [0.29, 0.717) is 0 Å². The van der Waals surface area contributed by atoms with Crippen molar-refractivity contribution in [1.29, 1.82) is 0 Å². The summed E-state index contributed by atoms with van der Waals surface area (Å²) < 4.78 is 0. The highest BCUT2D eigenvalue weighted by molar-refractivity contribution is 5.59. The van der Waals surface area contributed by atoms with E-state index in [1.807, 2.05) is 6.92 Å². The van der Waals surface area contributed by atoms with Gasteiger partial charge in [0.2, 0.25) is 0 Å². The fourth-order valence-electron chi connectivity index (χ4n) is 1.52. The van der Waals surface area contributed by atoms with Gasteiger partial charge in [0.05, 0.1) is 4.92 Å². The van der Waals surface area contributed by atoms with E-state index in [4.69, 9.17) is 0 Å². The van der Waals surface area contributed by atoms with E-state index in [2.05, 4.69) is 10.2 Å². The van der Waals surface area contributed by atoms with Gasteiger partial charge in [0.15, 0.2) is 5.69 Å². The third-order valence-electron chi connectivity index (χ3n) is 2.47. The molecule has 2 aromatic carbocycles. The first-order chi connectivity index (χ1) is 9.08. The Morgan fingerprint density at radius 2 is 1.79 bits per heavy atom. The lowest BCUT2D eigenvalue weighted by atomic mass is 10.2. The predicted octanol–water partition coefficient (Wildman–Crippen LogP) is 4.02. The molecule has 0 saturated carbocycles. The zero-order valence-corrected chi connectivity index (χ0v) is 10.1. The largest absolute Gasteiger partial charge is 0.506 e. The first-order valence-electron chi connectivity index (χ1n) is 5.52. The molecular weight excluding hydrogens is 246 g/mol. The molecule has 6 nitrogen and oxygen atoms in total. The normalized spacial score (nSPS) is 10.8. The Hall–Kier alpha value is -2.76. The predicted molar refractivity (Wildman–Crippen MR) is 70.1 cm³/mol. The van der Waals surface area contributed by atoms with Crippen molar-refractivity contribution in [2.24, 2.45) is 10.2 Å². The third kappa shape index (κ3) is 2.92. The number of phenolic OH excluding ortho intramolecular Hbond substituents is 1. The van der Waals surface area contributed by atoms with E-state index in [0.717, 1.165) is 5.56 Å². The molecule has 0 aliphatic heterocycles. The number of hydrogen-bond acceptors (Lipinski definition) is 5. The SMILES string of the molecule is Cc1ccc([N+](=O)[O-])c(/N=N/c2ccccc2O)c1. The van der Waals surface area contributed by atoms with E-state index in [1.54, 1.807) is 30.3 Å². The van der Waals surface area contributed by atoms with Crippen molar-refractivity contribution in [2.75, 3.05) is 0 Å². The monoisotopic (exact) mass is 257 g/mol. The fourth-order valence-corrected chi connectivity index (χ4v) is 1.52. The number of para-hydroxylation sites is 1. The summed E-state index contributed by atoms with van der Waals surface area (Å²) in [7, 11) is 0. The smallest absolute Gasteiger partial charge is 0.296 e. The number of nitro benzene ring substituents is 1. The minimum atomic E-state index is -0.515. The maximum atomic E-state index is 10.9. The molecule has 2 aromatic rings. The van der Waals surface area contributed by atoms with E-state index >= 15 is 0 Å². The minimum absolute atomic E-state index is 0.0263. The van der Waals surface area contributed by atoms with Crippen LogP contribution in [0.15, 0.2) is 52.7 Å². The van der Waals surface area contributed by atoms with Crippen LogP contribution in [0.4, 0.5) is 17.1 Å². The molecule has 96 valence electrons. The highest BCUT2D eigenvalue weighted by Crippen LogP contribution is 2.32. The number of nitro groups is 1. The third-order valence-corrected chi connectivity index (χ3v) is 2.47. The molecule has 0 bridgehead atoms. The Balaban J connectivity index is 2.41. The number of benzene rings is 2. The van der Waals surface area contributed by atoms with Crippen molar-refractivity contribution in [3.63, 3.8) is 0 Å². The van der Waals surface area contributed by atoms with E-state index in [-0.39, 0.29) is 22.8 Å². The Morgan fingerprint density at radius 1 is 1.11 bits per heavy atom. The van der Waals surface area contributed by atoms with Crippen molar-refractivity contribution >= 4 is 17.1 Å². The van der Waals surface area contributed by atoms with Crippen LogP contribution in [0.25, 0.3) is 0 Å². The average Bonchev–Trinajstić information content (AvgIpc) is 2.37. The van der Waals surface area contributed by atoms with Crippen molar-refractivity contribution in [3.8, 4) is 5.75 Å². The Morgan fingerprint density at radius 3 is 2.47 bits per heavy atom. The minimum Gasteiger partial charge on any atom is -0.506 e. The number of hydrogen-bond donors (Lipinski definition) is 1. The van der Waals surface area contributed by atoms with Crippen LogP contribution in [-0.4, -0.2) is 10.0 Å². The highest BCUT2D eigenvalue weighted by Gasteiger charge is 2.13. The summed E-state index contributed by atoms with van der Waals surface area (Å²) in [6, 6.07) is 11.0. The molecule has 0 fully saturated rings. The number of aryl methyl sites for hydroxylation is 1. The van der Waals surface area contributed by atoms with Crippen molar-refractivity contribution in [2.45, 2.75) is 6.92 Å². The number of rotatable bonds is 3. The summed E-state index contributed by atoms with van der Waals surface area (Å²) in [4.78, 5) is 10.4. The first kappa shape index (κ1) is 12.7. The quantitative estimate of drug-likeness (QED) is 0.511. The number of aromatic hydroxyl groups is 1. The van der Waals surface area contributed by atoms with Gasteiger partial charge in [0.25, 0.3) is 5.69 Å². The van der Waals surface area contributed by atoms with Gasteiger partial charge in [-0.2, -0.15) is 0 Å². The number of phenols is 1. The Kier molecular flexibility index (Phi) is 3.51. The summed E-state index contributed by atoms with van der Waals surface area (Å²) in [6.07, 6.45) is 0. The van der Waals surface area contributed by atoms with Crippen molar-refractivity contribution in [3.05, 3.63) is 58.1 Å². The van der Waals surface area contributed by atoms with Crippen molar-refractivity contribution in [1.82, 2.24) is 0 Å². The van der Waals surface area contributed by atoms with Crippen LogP contribution in [0.3, 0.4) is 0 Å². The molecule has 19 heavy (non-hydrogen) atoms. The molecule has 0 amide bonds. The van der Waals surface area contributed by atoms with E-state index in [9.17, 15) is 15.2 Å². The van der Waals surface area contributed by atoms with E-state index in [1.165, 1.54) is 12.1 Å². The van der Waals surface area contributed by atoms with Crippen LogP contribution in [0.2, 0.25) is 0 Å². The molecule has 6 heteroatoms. The Bertz CT molecular complexity index is 653. The van der Waals surface area contributed by atoms with Crippen LogP contribution < -0.4 is 0 Å². The average molecular weight is 257 g/mol. The first-order valence-corrected chi connectivity index (χ1v) is 5.52.